The van der Waals surface area contributed by atoms with Gasteiger partial charge in [0.05, 0.1) is 10.7 Å². The number of hydrogen-bond acceptors (Lipinski definition) is 3. The van der Waals surface area contributed by atoms with Crippen LogP contribution in [0.5, 0.6) is 0 Å². The molecule has 0 aliphatic carbocycles. The van der Waals surface area contributed by atoms with E-state index < -0.39 is 0 Å². The summed E-state index contributed by atoms with van der Waals surface area (Å²) < 4.78 is 0. The van der Waals surface area contributed by atoms with Gasteiger partial charge >= 0.3 is 0 Å². The van der Waals surface area contributed by atoms with Crippen molar-refractivity contribution < 1.29 is 4.79 Å². The fraction of sp³-hybridized carbons (Fsp3) is 0.417. The van der Waals surface area contributed by atoms with Crippen molar-refractivity contribution in [1.29, 1.82) is 0 Å². The molecule has 0 spiro atoms. The minimum absolute atomic E-state index is 0.0785. The standard InChI is InChI=1S/C12H15ClN2OS/c13-10-2-1-9(5-11(10)14)12(16)15-6-8-3-4-17-7-8/h1-2,5,8H,3-4,6-7,14H2,(H,15,16). The van der Waals surface area contributed by atoms with Crippen molar-refractivity contribution in [3.05, 3.63) is 28.8 Å². The van der Waals surface area contributed by atoms with E-state index in [1.54, 1.807) is 18.2 Å². The van der Waals surface area contributed by atoms with Gasteiger partial charge in [-0.05, 0) is 42.0 Å². The van der Waals surface area contributed by atoms with Gasteiger partial charge in [-0.1, -0.05) is 11.6 Å². The number of nitrogen functional groups attached to an aromatic ring is 1. The van der Waals surface area contributed by atoms with Gasteiger partial charge in [0.25, 0.3) is 5.91 Å². The number of rotatable bonds is 3. The summed E-state index contributed by atoms with van der Waals surface area (Å²) in [7, 11) is 0. The lowest BCUT2D eigenvalue weighted by atomic mass is 10.1. The van der Waals surface area contributed by atoms with Crippen LogP contribution in [-0.2, 0) is 0 Å². The maximum Gasteiger partial charge on any atom is 0.251 e. The summed E-state index contributed by atoms with van der Waals surface area (Å²) in [5.74, 6) is 2.87. The van der Waals surface area contributed by atoms with Crippen molar-refractivity contribution in [3.8, 4) is 0 Å². The summed E-state index contributed by atoms with van der Waals surface area (Å²) in [6.45, 7) is 0.744. The van der Waals surface area contributed by atoms with Crippen LogP contribution in [-0.4, -0.2) is 24.0 Å². The van der Waals surface area contributed by atoms with Crippen molar-refractivity contribution in [2.24, 2.45) is 5.92 Å². The topological polar surface area (TPSA) is 55.1 Å². The smallest absolute Gasteiger partial charge is 0.251 e. The van der Waals surface area contributed by atoms with Crippen molar-refractivity contribution in [2.75, 3.05) is 23.8 Å². The molecule has 1 aromatic carbocycles. The van der Waals surface area contributed by atoms with Gasteiger partial charge in [-0.3, -0.25) is 4.79 Å². The molecule has 1 saturated heterocycles. The number of carbonyl (C=O) groups is 1. The highest BCUT2D eigenvalue weighted by Gasteiger charge is 2.16. The Bertz CT molecular complexity index is 419. The highest BCUT2D eigenvalue weighted by atomic mass is 35.5. The molecule has 5 heteroatoms. The number of nitrogens with two attached hydrogens (primary N) is 1. The van der Waals surface area contributed by atoms with Crippen LogP contribution in [0.15, 0.2) is 18.2 Å². The predicted octanol–water partition coefficient (Wildman–Crippen LogP) is 2.41. The van der Waals surface area contributed by atoms with E-state index in [1.165, 1.54) is 12.2 Å². The highest BCUT2D eigenvalue weighted by molar-refractivity contribution is 7.99. The second-order valence-electron chi connectivity index (χ2n) is 4.18. The van der Waals surface area contributed by atoms with Crippen LogP contribution in [0, 0.1) is 5.92 Å². The Morgan fingerprint density at radius 2 is 2.41 bits per heavy atom. The van der Waals surface area contributed by atoms with Gasteiger partial charge in [0, 0.05) is 12.1 Å². The van der Waals surface area contributed by atoms with Crippen molar-refractivity contribution in [1.82, 2.24) is 5.32 Å². The second kappa shape index (κ2) is 5.65. The normalized spacial score (nSPS) is 19.2. The van der Waals surface area contributed by atoms with E-state index in [0.29, 0.717) is 22.2 Å². The third-order valence-electron chi connectivity index (χ3n) is 2.83. The number of amides is 1. The summed E-state index contributed by atoms with van der Waals surface area (Å²) in [6.07, 6.45) is 1.19. The van der Waals surface area contributed by atoms with Crippen LogP contribution in [0.1, 0.15) is 16.8 Å². The van der Waals surface area contributed by atoms with Gasteiger partial charge in [-0.25, -0.2) is 0 Å². The Labute approximate surface area is 110 Å². The molecule has 0 radical (unpaired) electrons. The zero-order valence-corrected chi connectivity index (χ0v) is 11.0. The van der Waals surface area contributed by atoms with E-state index in [4.69, 9.17) is 17.3 Å². The molecular weight excluding hydrogens is 256 g/mol. The average Bonchev–Trinajstić information content (AvgIpc) is 2.82. The fourth-order valence-corrected chi connectivity index (χ4v) is 3.17. The molecule has 17 heavy (non-hydrogen) atoms. The van der Waals surface area contributed by atoms with Gasteiger partial charge in [0.2, 0.25) is 0 Å². The molecule has 1 atom stereocenters. The zero-order chi connectivity index (χ0) is 12.3. The molecule has 1 fully saturated rings. The lowest BCUT2D eigenvalue weighted by molar-refractivity contribution is 0.0948. The quantitative estimate of drug-likeness (QED) is 0.830. The van der Waals surface area contributed by atoms with Crippen LogP contribution >= 0.6 is 23.4 Å². The minimum atomic E-state index is -0.0785. The molecule has 1 aliphatic rings. The fourth-order valence-electron chi connectivity index (χ4n) is 1.77. The first-order chi connectivity index (χ1) is 8.16. The lowest BCUT2D eigenvalue weighted by Gasteiger charge is -2.10. The number of carbonyl (C=O) groups excluding carboxylic acids is 1. The molecule has 3 N–H and O–H groups in total. The van der Waals surface area contributed by atoms with E-state index in [-0.39, 0.29) is 5.91 Å². The molecule has 92 valence electrons. The van der Waals surface area contributed by atoms with Crippen LogP contribution in [0.4, 0.5) is 5.69 Å². The van der Waals surface area contributed by atoms with E-state index in [2.05, 4.69) is 5.32 Å². The molecule has 2 rings (SSSR count). The Morgan fingerprint density at radius 3 is 3.06 bits per heavy atom. The first-order valence-electron chi connectivity index (χ1n) is 5.58. The summed E-state index contributed by atoms with van der Waals surface area (Å²) in [4.78, 5) is 11.8. The van der Waals surface area contributed by atoms with Crippen molar-refractivity contribution in [3.63, 3.8) is 0 Å². The Hall–Kier alpha value is -0.870. The first kappa shape index (κ1) is 12.6. The lowest BCUT2D eigenvalue weighted by Crippen LogP contribution is -2.29. The predicted molar refractivity (Wildman–Crippen MR) is 73.6 cm³/mol. The Morgan fingerprint density at radius 1 is 1.59 bits per heavy atom. The minimum Gasteiger partial charge on any atom is -0.398 e. The summed E-state index contributed by atoms with van der Waals surface area (Å²) in [6, 6.07) is 4.95. The third kappa shape index (κ3) is 3.30. The number of nitrogens with one attached hydrogen (secondary N) is 1. The summed E-state index contributed by atoms with van der Waals surface area (Å²) in [5.41, 5.74) is 6.67. The van der Waals surface area contributed by atoms with Crippen LogP contribution in [0.3, 0.4) is 0 Å². The monoisotopic (exact) mass is 270 g/mol. The number of halogens is 1. The SMILES string of the molecule is Nc1cc(C(=O)NCC2CCSC2)ccc1Cl. The molecule has 0 aromatic heterocycles. The Kier molecular flexibility index (Phi) is 4.18. The zero-order valence-electron chi connectivity index (χ0n) is 9.41. The molecule has 0 saturated carbocycles. The van der Waals surface area contributed by atoms with Crippen molar-refractivity contribution >= 4 is 35.0 Å². The maximum absolute atomic E-state index is 11.8. The number of anilines is 1. The molecule has 1 aromatic rings. The molecule has 1 unspecified atom stereocenters. The van der Waals surface area contributed by atoms with E-state index in [9.17, 15) is 4.79 Å². The summed E-state index contributed by atoms with van der Waals surface area (Å²) >= 11 is 7.75. The third-order valence-corrected chi connectivity index (χ3v) is 4.41. The summed E-state index contributed by atoms with van der Waals surface area (Å²) in [5, 5.41) is 3.42. The number of benzene rings is 1. The largest absolute Gasteiger partial charge is 0.398 e. The Balaban J connectivity index is 1.92. The van der Waals surface area contributed by atoms with Crippen molar-refractivity contribution in [2.45, 2.75) is 6.42 Å². The van der Waals surface area contributed by atoms with Gasteiger partial charge in [0.15, 0.2) is 0 Å². The molecule has 3 nitrogen and oxygen atoms in total. The molecular formula is C12H15ClN2OS. The van der Waals surface area contributed by atoms with Crippen LogP contribution < -0.4 is 11.1 Å². The molecule has 1 aliphatic heterocycles. The molecule has 1 heterocycles. The van der Waals surface area contributed by atoms with Crippen LogP contribution in [0.2, 0.25) is 5.02 Å². The van der Waals surface area contributed by atoms with Crippen LogP contribution in [0.25, 0.3) is 0 Å². The second-order valence-corrected chi connectivity index (χ2v) is 5.73. The maximum atomic E-state index is 11.8. The van der Waals surface area contributed by atoms with Gasteiger partial charge in [0.1, 0.15) is 0 Å². The molecule has 0 bridgehead atoms. The number of hydrogen-bond donors (Lipinski definition) is 2. The molecule has 1 amide bonds. The van der Waals surface area contributed by atoms with E-state index >= 15 is 0 Å². The van der Waals surface area contributed by atoms with Gasteiger partial charge in [-0.15, -0.1) is 0 Å². The van der Waals surface area contributed by atoms with E-state index in [0.717, 1.165) is 12.3 Å². The first-order valence-corrected chi connectivity index (χ1v) is 7.11. The van der Waals surface area contributed by atoms with E-state index in [1.807, 2.05) is 11.8 Å². The highest BCUT2D eigenvalue weighted by Crippen LogP contribution is 2.23. The number of thioether (sulfide) groups is 1. The van der Waals surface area contributed by atoms with Gasteiger partial charge < -0.3 is 11.1 Å². The van der Waals surface area contributed by atoms with Gasteiger partial charge in [-0.2, -0.15) is 11.8 Å². The average molecular weight is 271 g/mol.